The molecule has 0 aliphatic rings. The van der Waals surface area contributed by atoms with E-state index in [1.807, 2.05) is 19.0 Å². The second-order valence-electron chi connectivity index (χ2n) is 9.03. The number of phenols is 1. The number of phenolic OH excluding ortho intramolecular Hbond substituents is 1. The van der Waals surface area contributed by atoms with Crippen molar-refractivity contribution < 1.29 is 14.4 Å². The van der Waals surface area contributed by atoms with Crippen LogP contribution in [0.2, 0.25) is 15.2 Å². The zero-order valence-electron chi connectivity index (χ0n) is 20.5. The number of halogens is 3. The van der Waals surface area contributed by atoms with E-state index in [-0.39, 0.29) is 54.3 Å². The van der Waals surface area contributed by atoms with Crippen molar-refractivity contribution >= 4 is 68.2 Å². The number of nitrogens with one attached hydrogen (secondary N) is 1. The normalized spacial score (nSPS) is 11.6. The first-order valence-corrected chi connectivity index (χ1v) is 12.9. The van der Waals surface area contributed by atoms with Gasteiger partial charge in [-0.15, -0.1) is 0 Å². The Morgan fingerprint density at radius 2 is 1.79 bits per heavy atom. The zero-order valence-corrected chi connectivity index (χ0v) is 22.7. The fraction of sp³-hybridized carbons (Fsp3) is 0.185. The minimum atomic E-state index is -0.534. The summed E-state index contributed by atoms with van der Waals surface area (Å²) in [7, 11) is 3.92. The summed E-state index contributed by atoms with van der Waals surface area (Å²) in [5, 5.41) is 10.9. The third-order valence-corrected chi connectivity index (χ3v) is 7.20. The summed E-state index contributed by atoms with van der Waals surface area (Å²) in [6, 6.07) is 14.4. The molecule has 8 nitrogen and oxygen atoms in total. The molecule has 0 aliphatic carbocycles. The van der Waals surface area contributed by atoms with Crippen LogP contribution in [0.15, 0.2) is 63.9 Å². The largest absolute Gasteiger partial charge is 0.507 e. The summed E-state index contributed by atoms with van der Waals surface area (Å²) < 4.78 is 9.32. The van der Waals surface area contributed by atoms with Crippen molar-refractivity contribution in [2.24, 2.45) is 0 Å². The number of para-hydroxylation sites is 2. The van der Waals surface area contributed by atoms with Crippen molar-refractivity contribution in [3.05, 3.63) is 91.3 Å². The number of carbonyl (C=O) groups excluding carboxylic acids is 1. The minimum Gasteiger partial charge on any atom is -0.507 e. The summed E-state index contributed by atoms with van der Waals surface area (Å²) in [5.41, 5.74) is 0.480. The first-order chi connectivity index (χ1) is 18.2. The lowest BCUT2D eigenvalue weighted by molar-refractivity contribution is 0.103. The number of aromatic nitrogens is 3. The number of carbonyl (C=O) groups is 1. The number of aryl methyl sites for hydroxylation is 1. The fourth-order valence-corrected chi connectivity index (χ4v) is 5.11. The van der Waals surface area contributed by atoms with Gasteiger partial charge in [-0.05, 0) is 57.4 Å². The maximum Gasteiger partial charge on any atom is 0.215 e. The first kappa shape index (κ1) is 26.2. The molecule has 11 heteroatoms. The van der Waals surface area contributed by atoms with Crippen molar-refractivity contribution in [2.45, 2.75) is 13.0 Å². The number of aromatic amines is 1. The van der Waals surface area contributed by atoms with E-state index in [1.165, 1.54) is 22.6 Å². The molecule has 0 atom stereocenters. The van der Waals surface area contributed by atoms with Gasteiger partial charge in [-0.2, -0.15) is 4.74 Å². The van der Waals surface area contributed by atoms with E-state index in [2.05, 4.69) is 4.98 Å². The smallest absolute Gasteiger partial charge is 0.215 e. The van der Waals surface area contributed by atoms with Crippen molar-refractivity contribution in [3.63, 3.8) is 0 Å². The summed E-state index contributed by atoms with van der Waals surface area (Å²) in [5.74, 6) is -0.735. The van der Waals surface area contributed by atoms with Crippen LogP contribution in [0.1, 0.15) is 22.5 Å². The molecule has 0 saturated heterocycles. The van der Waals surface area contributed by atoms with Crippen molar-refractivity contribution in [3.8, 4) is 5.75 Å². The Morgan fingerprint density at radius 3 is 2.53 bits per heavy atom. The molecule has 0 spiro atoms. The van der Waals surface area contributed by atoms with E-state index in [1.54, 1.807) is 41.1 Å². The van der Waals surface area contributed by atoms with Crippen LogP contribution >= 0.6 is 34.8 Å². The lowest BCUT2D eigenvalue weighted by atomic mass is 10.1. The van der Waals surface area contributed by atoms with E-state index in [0.29, 0.717) is 18.5 Å². The van der Waals surface area contributed by atoms with Crippen molar-refractivity contribution in [1.82, 2.24) is 19.0 Å². The highest BCUT2D eigenvalue weighted by molar-refractivity contribution is 6.45. The number of hydrogen-bond acceptors (Lipinski definition) is 5. The van der Waals surface area contributed by atoms with E-state index in [4.69, 9.17) is 39.3 Å². The third-order valence-electron chi connectivity index (χ3n) is 6.18. The molecule has 5 rings (SSSR count). The molecule has 0 aliphatic heterocycles. The predicted molar refractivity (Wildman–Crippen MR) is 151 cm³/mol. The zero-order chi connectivity index (χ0) is 27.1. The molecule has 5 aromatic rings. The van der Waals surface area contributed by atoms with E-state index in [0.717, 1.165) is 6.54 Å². The average molecular weight is 574 g/mol. The monoisotopic (exact) mass is 572 g/mol. The lowest BCUT2D eigenvalue weighted by Gasteiger charge is -2.12. The molecule has 0 saturated carbocycles. The van der Waals surface area contributed by atoms with Crippen LogP contribution in [0.4, 0.5) is 0 Å². The number of ketones is 1. The number of aromatic hydroxyl groups is 1. The highest BCUT2D eigenvalue weighted by Gasteiger charge is 2.25. The highest BCUT2D eigenvalue weighted by atomic mass is 35.5. The second-order valence-corrected chi connectivity index (χ2v) is 10.2. The van der Waals surface area contributed by atoms with Crippen molar-refractivity contribution in [2.75, 3.05) is 20.6 Å². The molecule has 0 amide bonds. The van der Waals surface area contributed by atoms with Gasteiger partial charge in [-0.25, -0.2) is 0 Å². The SMILES string of the molecule is CN(C)CCCn1oc2ccccc2c(=O)c2[nH]c(Cl)c(Cl)c2n2c(C(=O)c3ccccc3O)cc(Cl)c12. The second kappa shape index (κ2) is 10.4. The number of fused-ring (bicyclic) bond motifs is 4. The number of rotatable bonds is 6. The van der Waals surface area contributed by atoms with Gasteiger partial charge in [0.15, 0.2) is 11.2 Å². The van der Waals surface area contributed by atoms with Crippen LogP contribution in [0, 0.1) is 0 Å². The quantitative estimate of drug-likeness (QED) is 0.232. The van der Waals surface area contributed by atoms with Gasteiger partial charge < -0.3 is 19.5 Å². The van der Waals surface area contributed by atoms with E-state index in [9.17, 15) is 14.7 Å². The summed E-state index contributed by atoms with van der Waals surface area (Å²) in [4.78, 5) is 32.5. The molecule has 3 aromatic heterocycles. The standard InChI is InChI=1S/C27H23Cl3N4O4/c1-32(2)12-7-13-33-27-17(28)14-18(24(36)15-8-3-5-10-19(15)35)34(27)23-21(29)26(30)31-22(23)25(37)16-9-4-6-11-20(16)38-33/h3-6,8-11,14,31,35H,7,12-13H2,1-2H3. The van der Waals surface area contributed by atoms with E-state index >= 15 is 0 Å². The number of benzene rings is 2. The molecule has 2 aromatic carbocycles. The lowest BCUT2D eigenvalue weighted by Crippen LogP contribution is -2.15. The van der Waals surface area contributed by atoms with Crippen LogP contribution in [0.3, 0.4) is 0 Å². The molecular formula is C27H23Cl3N4O4. The molecule has 3 heterocycles. The third kappa shape index (κ3) is 4.54. The van der Waals surface area contributed by atoms with Gasteiger partial charge in [0.25, 0.3) is 0 Å². The molecule has 0 unspecified atom stereocenters. The number of H-pyrrole nitrogens is 1. The number of hydrogen-bond donors (Lipinski definition) is 2. The Morgan fingerprint density at radius 1 is 1.08 bits per heavy atom. The molecule has 0 radical (unpaired) electrons. The Balaban J connectivity index is 2.02. The summed E-state index contributed by atoms with van der Waals surface area (Å²) in [6.45, 7) is 1.10. The minimum absolute atomic E-state index is 0.0277. The van der Waals surface area contributed by atoms with Gasteiger partial charge >= 0.3 is 0 Å². The van der Waals surface area contributed by atoms with Gasteiger partial charge in [0.2, 0.25) is 11.2 Å². The van der Waals surface area contributed by atoms with Crippen molar-refractivity contribution in [1.29, 1.82) is 0 Å². The molecule has 0 bridgehead atoms. The maximum absolute atomic E-state index is 13.8. The van der Waals surface area contributed by atoms with Gasteiger partial charge in [0, 0.05) is 0 Å². The van der Waals surface area contributed by atoms with Crippen LogP contribution < -0.4 is 5.43 Å². The van der Waals surface area contributed by atoms with Crippen LogP contribution in [0.5, 0.6) is 5.75 Å². The van der Waals surface area contributed by atoms with Crippen LogP contribution in [-0.4, -0.2) is 50.6 Å². The molecule has 38 heavy (non-hydrogen) atoms. The Kier molecular flexibility index (Phi) is 7.15. The van der Waals surface area contributed by atoms with Crippen LogP contribution in [-0.2, 0) is 6.54 Å². The maximum atomic E-state index is 13.8. The van der Waals surface area contributed by atoms with Gasteiger partial charge in [0.05, 0.1) is 33.7 Å². The van der Waals surface area contributed by atoms with Gasteiger partial charge in [0.1, 0.15) is 21.4 Å². The van der Waals surface area contributed by atoms with Gasteiger partial charge in [-0.1, -0.05) is 59.1 Å². The number of nitrogens with zero attached hydrogens (tertiary/aromatic N) is 3. The molecule has 0 fully saturated rings. The fourth-order valence-electron chi connectivity index (χ4n) is 4.42. The van der Waals surface area contributed by atoms with Crippen LogP contribution in [0.25, 0.3) is 27.6 Å². The first-order valence-electron chi connectivity index (χ1n) is 11.7. The highest BCUT2D eigenvalue weighted by Crippen LogP contribution is 2.34. The topological polar surface area (TPSA) is 95.9 Å². The van der Waals surface area contributed by atoms with E-state index < -0.39 is 11.2 Å². The molecular weight excluding hydrogens is 551 g/mol. The Bertz CT molecular complexity index is 1830. The summed E-state index contributed by atoms with van der Waals surface area (Å²) >= 11 is 19.9. The Hall–Kier alpha value is -3.43. The van der Waals surface area contributed by atoms with Gasteiger partial charge in [-0.3, -0.25) is 14.0 Å². The summed E-state index contributed by atoms with van der Waals surface area (Å²) in [6.07, 6.45) is 0.669. The molecule has 196 valence electrons. The molecule has 2 N–H and O–H groups in total. The Labute approximate surface area is 231 Å². The average Bonchev–Trinajstić information content (AvgIpc) is 3.38. The predicted octanol–water partition coefficient (Wildman–Crippen LogP) is 6.30.